The second-order valence-corrected chi connectivity index (χ2v) is 3.89. The van der Waals surface area contributed by atoms with Gasteiger partial charge in [-0.25, -0.2) is 0 Å². The molecule has 0 unspecified atom stereocenters. The topological polar surface area (TPSA) is 38.7 Å². The van der Waals surface area contributed by atoms with Gasteiger partial charge in [0.15, 0.2) is 5.05 Å². The van der Waals surface area contributed by atoms with Crippen LogP contribution in [0.5, 0.6) is 0 Å². The molecule has 14 heavy (non-hydrogen) atoms. The van der Waals surface area contributed by atoms with Crippen LogP contribution in [0, 0.1) is 5.92 Å². The first-order valence-electron chi connectivity index (χ1n) is 5.20. The van der Waals surface area contributed by atoms with E-state index in [1.807, 2.05) is 0 Å². The fourth-order valence-corrected chi connectivity index (χ4v) is 1.97. The third kappa shape index (κ3) is 4.35. The van der Waals surface area contributed by atoms with Crippen LogP contribution in [0.2, 0.25) is 0 Å². The van der Waals surface area contributed by atoms with Crippen molar-refractivity contribution in [1.29, 1.82) is 0 Å². The Morgan fingerprint density at radius 1 is 1.21 bits per heavy atom. The molecule has 1 aliphatic carbocycles. The predicted octanol–water partition coefficient (Wildman–Crippen LogP) is 1.53. The van der Waals surface area contributed by atoms with Crippen LogP contribution in [0.15, 0.2) is 0 Å². The lowest BCUT2D eigenvalue weighted by Gasteiger charge is -2.12. The summed E-state index contributed by atoms with van der Waals surface area (Å²) in [5.74, 6) is 0.489. The van der Waals surface area contributed by atoms with Gasteiger partial charge < -0.3 is 14.6 Å². The molecule has 0 aromatic carbocycles. The van der Waals surface area contributed by atoms with E-state index < -0.39 is 0 Å². The highest BCUT2D eigenvalue weighted by atomic mass is 32.1. The molecule has 1 fully saturated rings. The van der Waals surface area contributed by atoms with Crippen LogP contribution in [-0.4, -0.2) is 36.6 Å². The van der Waals surface area contributed by atoms with Crippen molar-refractivity contribution in [2.75, 3.05) is 26.4 Å². The van der Waals surface area contributed by atoms with Gasteiger partial charge >= 0.3 is 0 Å². The van der Waals surface area contributed by atoms with Gasteiger partial charge in [-0.1, -0.05) is 12.8 Å². The summed E-state index contributed by atoms with van der Waals surface area (Å²) in [5, 5.41) is 9.20. The van der Waals surface area contributed by atoms with E-state index >= 15 is 0 Å². The van der Waals surface area contributed by atoms with Gasteiger partial charge in [0.2, 0.25) is 0 Å². The number of rotatable bonds is 6. The lowest BCUT2D eigenvalue weighted by Crippen LogP contribution is -2.16. The van der Waals surface area contributed by atoms with Crippen LogP contribution in [0.25, 0.3) is 0 Å². The van der Waals surface area contributed by atoms with Crippen LogP contribution in [0.3, 0.4) is 0 Å². The number of aliphatic hydroxyl groups is 1. The summed E-state index contributed by atoms with van der Waals surface area (Å²) in [7, 11) is 0. The first kappa shape index (κ1) is 11.9. The van der Waals surface area contributed by atoms with Crippen LogP contribution in [-0.2, 0) is 9.47 Å². The molecule has 0 bridgehead atoms. The minimum absolute atomic E-state index is 0.0626. The molecule has 82 valence electrons. The zero-order valence-electron chi connectivity index (χ0n) is 8.41. The maximum atomic E-state index is 8.46. The van der Waals surface area contributed by atoms with Crippen molar-refractivity contribution in [2.24, 2.45) is 5.92 Å². The monoisotopic (exact) mass is 218 g/mol. The maximum Gasteiger partial charge on any atom is 0.162 e. The molecule has 4 heteroatoms. The number of hydrogen-bond acceptors (Lipinski definition) is 4. The number of thiocarbonyl (C=S) groups is 1. The Bertz CT molecular complexity index is 167. The summed E-state index contributed by atoms with van der Waals surface area (Å²) in [5.41, 5.74) is 0. The zero-order chi connectivity index (χ0) is 10.2. The molecule has 1 saturated carbocycles. The summed E-state index contributed by atoms with van der Waals surface area (Å²) < 4.78 is 10.5. The summed E-state index contributed by atoms with van der Waals surface area (Å²) in [6, 6.07) is 0. The summed E-state index contributed by atoms with van der Waals surface area (Å²) >= 11 is 5.16. The van der Waals surface area contributed by atoms with E-state index in [2.05, 4.69) is 0 Å². The van der Waals surface area contributed by atoms with Gasteiger partial charge in [0.25, 0.3) is 0 Å². The Labute approximate surface area is 90.4 Å². The Morgan fingerprint density at radius 2 is 1.93 bits per heavy atom. The van der Waals surface area contributed by atoms with Crippen molar-refractivity contribution in [3.8, 4) is 0 Å². The fourth-order valence-electron chi connectivity index (χ4n) is 1.65. The summed E-state index contributed by atoms with van der Waals surface area (Å²) in [6.07, 6.45) is 4.90. The van der Waals surface area contributed by atoms with Crippen molar-refractivity contribution in [1.82, 2.24) is 0 Å². The first-order valence-corrected chi connectivity index (χ1v) is 5.60. The van der Waals surface area contributed by atoms with Crippen molar-refractivity contribution >= 4 is 17.3 Å². The van der Waals surface area contributed by atoms with Crippen LogP contribution >= 0.6 is 12.2 Å². The molecule has 0 heterocycles. The van der Waals surface area contributed by atoms with Gasteiger partial charge in [-0.05, 0) is 25.1 Å². The standard InChI is InChI=1S/C10H18O3S/c11-5-6-12-7-8-13-10(14)9-3-1-2-4-9/h9,11H,1-8H2. The maximum absolute atomic E-state index is 8.46. The fraction of sp³-hybridized carbons (Fsp3) is 0.900. The lowest BCUT2D eigenvalue weighted by atomic mass is 10.1. The number of hydrogen-bond donors (Lipinski definition) is 1. The Hall–Kier alpha value is -0.190. The smallest absolute Gasteiger partial charge is 0.162 e. The van der Waals surface area contributed by atoms with Crippen LogP contribution in [0.1, 0.15) is 25.7 Å². The molecule has 0 saturated heterocycles. The minimum Gasteiger partial charge on any atom is -0.484 e. The highest BCUT2D eigenvalue weighted by Crippen LogP contribution is 2.26. The molecule has 0 atom stereocenters. The SMILES string of the molecule is OCCOCCOC(=S)C1CCCC1. The molecule has 1 aliphatic rings. The lowest BCUT2D eigenvalue weighted by molar-refractivity contribution is 0.0672. The average molecular weight is 218 g/mol. The third-order valence-corrected chi connectivity index (χ3v) is 2.85. The predicted molar refractivity (Wildman–Crippen MR) is 58.4 cm³/mol. The Balaban J connectivity index is 1.97. The molecule has 0 radical (unpaired) electrons. The van der Waals surface area contributed by atoms with E-state index in [0.717, 1.165) is 5.05 Å². The highest BCUT2D eigenvalue weighted by Gasteiger charge is 2.20. The van der Waals surface area contributed by atoms with Gasteiger partial charge in [0, 0.05) is 5.92 Å². The average Bonchev–Trinajstić information content (AvgIpc) is 2.70. The van der Waals surface area contributed by atoms with E-state index in [9.17, 15) is 0 Å². The van der Waals surface area contributed by atoms with Crippen molar-refractivity contribution < 1.29 is 14.6 Å². The molecule has 1 rings (SSSR count). The molecular weight excluding hydrogens is 200 g/mol. The first-order chi connectivity index (χ1) is 6.84. The van der Waals surface area contributed by atoms with Crippen LogP contribution < -0.4 is 0 Å². The second-order valence-electron chi connectivity index (χ2n) is 3.48. The molecular formula is C10H18O3S. The molecule has 0 amide bonds. The van der Waals surface area contributed by atoms with E-state index in [1.54, 1.807) is 0 Å². The highest BCUT2D eigenvalue weighted by molar-refractivity contribution is 7.80. The van der Waals surface area contributed by atoms with Gasteiger partial charge in [0.05, 0.1) is 19.8 Å². The minimum atomic E-state index is 0.0626. The second kappa shape index (κ2) is 7.15. The molecule has 3 nitrogen and oxygen atoms in total. The zero-order valence-corrected chi connectivity index (χ0v) is 9.22. The van der Waals surface area contributed by atoms with E-state index in [-0.39, 0.29) is 6.61 Å². The Kier molecular flexibility index (Phi) is 6.07. The molecule has 0 aromatic rings. The van der Waals surface area contributed by atoms with Gasteiger partial charge in [0.1, 0.15) is 6.61 Å². The van der Waals surface area contributed by atoms with Crippen molar-refractivity contribution in [3.05, 3.63) is 0 Å². The molecule has 0 aromatic heterocycles. The normalized spacial score (nSPS) is 17.2. The Morgan fingerprint density at radius 3 is 2.57 bits per heavy atom. The quantitative estimate of drug-likeness (QED) is 0.542. The van der Waals surface area contributed by atoms with Gasteiger partial charge in [-0.2, -0.15) is 0 Å². The van der Waals surface area contributed by atoms with E-state index in [1.165, 1.54) is 25.7 Å². The van der Waals surface area contributed by atoms with Crippen LogP contribution in [0.4, 0.5) is 0 Å². The molecule has 0 aliphatic heterocycles. The van der Waals surface area contributed by atoms with Gasteiger partial charge in [-0.3, -0.25) is 0 Å². The summed E-state index contributed by atoms with van der Waals surface area (Å²) in [4.78, 5) is 0. The summed E-state index contributed by atoms with van der Waals surface area (Å²) in [6.45, 7) is 1.45. The van der Waals surface area contributed by atoms with Crippen molar-refractivity contribution in [3.63, 3.8) is 0 Å². The van der Waals surface area contributed by atoms with Crippen molar-refractivity contribution in [2.45, 2.75) is 25.7 Å². The molecule has 0 spiro atoms. The largest absolute Gasteiger partial charge is 0.484 e. The van der Waals surface area contributed by atoms with Gasteiger partial charge in [-0.15, -0.1) is 0 Å². The third-order valence-electron chi connectivity index (χ3n) is 2.40. The van der Waals surface area contributed by atoms with E-state index in [4.69, 9.17) is 26.8 Å². The number of aliphatic hydroxyl groups excluding tert-OH is 1. The molecule has 1 N–H and O–H groups in total. The van der Waals surface area contributed by atoms with E-state index in [0.29, 0.717) is 25.7 Å². The number of ether oxygens (including phenoxy) is 2.